The molecule has 0 saturated heterocycles. The molecule has 0 fully saturated rings. The Morgan fingerprint density at radius 2 is 2.08 bits per heavy atom. The van der Waals surface area contributed by atoms with E-state index in [9.17, 15) is 4.79 Å². The minimum absolute atomic E-state index is 0.139. The monoisotopic (exact) mass is 173 g/mol. The molecule has 0 aromatic heterocycles. The second-order valence-electron chi connectivity index (χ2n) is 2.85. The maximum Gasteiger partial charge on any atom is 0.219 e. The summed E-state index contributed by atoms with van der Waals surface area (Å²) in [5, 5.41) is 0. The van der Waals surface area contributed by atoms with Crippen molar-refractivity contribution in [3.05, 3.63) is 0 Å². The molecule has 0 heterocycles. The third kappa shape index (κ3) is 5.13. The number of unbranched alkanes of at least 4 members (excludes halogenated alkanes) is 1. The molecular weight excluding hydrogens is 154 g/mol. The van der Waals surface area contributed by atoms with Crippen LogP contribution in [0.3, 0.4) is 0 Å². The molecule has 0 saturated carbocycles. The van der Waals surface area contributed by atoms with Gasteiger partial charge in [-0.3, -0.25) is 4.79 Å². The van der Waals surface area contributed by atoms with E-state index in [0.717, 1.165) is 19.4 Å². The summed E-state index contributed by atoms with van der Waals surface area (Å²) >= 11 is 0. The lowest BCUT2D eigenvalue weighted by Gasteiger charge is -2.19. The first kappa shape index (κ1) is 11.4. The van der Waals surface area contributed by atoms with Gasteiger partial charge >= 0.3 is 0 Å². The topological polar surface area (TPSA) is 29.5 Å². The number of methoxy groups -OCH3 is 1. The largest absolute Gasteiger partial charge is 0.383 e. The molecule has 0 aromatic carbocycles. The van der Waals surface area contributed by atoms with Gasteiger partial charge in [-0.15, -0.1) is 0 Å². The minimum Gasteiger partial charge on any atom is -0.383 e. The first-order valence-electron chi connectivity index (χ1n) is 4.46. The average molecular weight is 173 g/mol. The number of carbonyl (C=O) groups excluding carboxylic acids is 1. The van der Waals surface area contributed by atoms with Gasteiger partial charge in [0.15, 0.2) is 0 Å². The molecule has 0 radical (unpaired) electrons. The van der Waals surface area contributed by atoms with Crippen molar-refractivity contribution in [3.8, 4) is 0 Å². The maximum atomic E-state index is 11.0. The Hall–Kier alpha value is -0.570. The van der Waals surface area contributed by atoms with Crippen molar-refractivity contribution in [1.29, 1.82) is 0 Å². The molecule has 0 spiro atoms. The predicted octanol–water partition coefficient (Wildman–Crippen LogP) is 1.28. The summed E-state index contributed by atoms with van der Waals surface area (Å²) in [6.07, 6.45) is 2.19. The van der Waals surface area contributed by atoms with Gasteiger partial charge in [0.05, 0.1) is 6.61 Å². The van der Waals surface area contributed by atoms with E-state index < -0.39 is 0 Å². The van der Waals surface area contributed by atoms with Gasteiger partial charge in [0.2, 0.25) is 5.91 Å². The van der Waals surface area contributed by atoms with E-state index in [1.807, 2.05) is 4.90 Å². The Labute approximate surface area is 74.7 Å². The maximum absolute atomic E-state index is 11.0. The van der Waals surface area contributed by atoms with Crippen LogP contribution in [-0.2, 0) is 9.53 Å². The summed E-state index contributed by atoms with van der Waals surface area (Å²) in [5.74, 6) is 0.139. The highest BCUT2D eigenvalue weighted by molar-refractivity contribution is 5.73. The molecule has 3 heteroatoms. The summed E-state index contributed by atoms with van der Waals surface area (Å²) < 4.78 is 4.91. The van der Waals surface area contributed by atoms with Crippen LogP contribution in [0.15, 0.2) is 0 Å². The van der Waals surface area contributed by atoms with E-state index in [2.05, 4.69) is 6.92 Å². The standard InChI is InChI=1S/C9H19NO2/c1-4-5-6-10(9(2)11)7-8-12-3/h4-8H2,1-3H3. The number of hydrogen-bond donors (Lipinski definition) is 0. The highest BCUT2D eigenvalue weighted by Gasteiger charge is 2.05. The Kier molecular flexibility index (Phi) is 6.76. The van der Waals surface area contributed by atoms with Gasteiger partial charge in [0, 0.05) is 27.1 Å². The van der Waals surface area contributed by atoms with Crippen LogP contribution in [-0.4, -0.2) is 37.6 Å². The summed E-state index contributed by atoms with van der Waals surface area (Å²) in [6.45, 7) is 5.92. The van der Waals surface area contributed by atoms with Crippen LogP contribution in [0.25, 0.3) is 0 Å². The average Bonchev–Trinajstić information content (AvgIpc) is 2.04. The number of nitrogens with zero attached hydrogens (tertiary/aromatic N) is 1. The van der Waals surface area contributed by atoms with Crippen LogP contribution in [0.2, 0.25) is 0 Å². The van der Waals surface area contributed by atoms with Gasteiger partial charge in [0.25, 0.3) is 0 Å². The van der Waals surface area contributed by atoms with Crippen LogP contribution in [0.5, 0.6) is 0 Å². The molecule has 0 aromatic rings. The number of rotatable bonds is 6. The molecule has 0 aliphatic rings. The van der Waals surface area contributed by atoms with Crippen LogP contribution < -0.4 is 0 Å². The zero-order chi connectivity index (χ0) is 9.40. The first-order valence-corrected chi connectivity index (χ1v) is 4.46. The van der Waals surface area contributed by atoms with Crippen molar-refractivity contribution < 1.29 is 9.53 Å². The van der Waals surface area contributed by atoms with E-state index in [0.29, 0.717) is 13.2 Å². The third-order valence-corrected chi connectivity index (χ3v) is 1.79. The zero-order valence-electron chi connectivity index (χ0n) is 8.30. The van der Waals surface area contributed by atoms with E-state index in [4.69, 9.17) is 4.74 Å². The fraction of sp³-hybridized carbons (Fsp3) is 0.889. The molecule has 0 bridgehead atoms. The number of hydrogen-bond acceptors (Lipinski definition) is 2. The zero-order valence-corrected chi connectivity index (χ0v) is 8.30. The van der Waals surface area contributed by atoms with Crippen molar-refractivity contribution >= 4 is 5.91 Å². The summed E-state index contributed by atoms with van der Waals surface area (Å²) in [5.41, 5.74) is 0. The van der Waals surface area contributed by atoms with Gasteiger partial charge < -0.3 is 9.64 Å². The van der Waals surface area contributed by atoms with Crippen LogP contribution in [0, 0.1) is 0 Å². The summed E-state index contributed by atoms with van der Waals surface area (Å²) in [7, 11) is 1.65. The van der Waals surface area contributed by atoms with Gasteiger partial charge in [-0.25, -0.2) is 0 Å². The molecule has 72 valence electrons. The van der Waals surface area contributed by atoms with Crippen molar-refractivity contribution in [2.75, 3.05) is 26.8 Å². The van der Waals surface area contributed by atoms with E-state index in [1.54, 1.807) is 14.0 Å². The fourth-order valence-electron chi connectivity index (χ4n) is 0.977. The van der Waals surface area contributed by atoms with Crippen LogP contribution >= 0.6 is 0 Å². The van der Waals surface area contributed by atoms with Crippen LogP contribution in [0.4, 0.5) is 0 Å². The second kappa shape index (κ2) is 7.10. The van der Waals surface area contributed by atoms with E-state index in [1.165, 1.54) is 0 Å². The fourth-order valence-corrected chi connectivity index (χ4v) is 0.977. The lowest BCUT2D eigenvalue weighted by molar-refractivity contribution is -0.129. The van der Waals surface area contributed by atoms with Crippen LogP contribution in [0.1, 0.15) is 26.7 Å². The molecular formula is C9H19NO2. The van der Waals surface area contributed by atoms with Gasteiger partial charge in [-0.1, -0.05) is 13.3 Å². The predicted molar refractivity (Wildman–Crippen MR) is 49.0 cm³/mol. The lowest BCUT2D eigenvalue weighted by Crippen LogP contribution is -2.32. The second-order valence-corrected chi connectivity index (χ2v) is 2.85. The summed E-state index contributed by atoms with van der Waals surface area (Å²) in [4.78, 5) is 12.9. The molecule has 0 N–H and O–H groups in total. The number of carbonyl (C=O) groups is 1. The third-order valence-electron chi connectivity index (χ3n) is 1.79. The quantitative estimate of drug-likeness (QED) is 0.605. The number of ether oxygens (including phenoxy) is 1. The SMILES string of the molecule is CCCCN(CCOC)C(C)=O. The van der Waals surface area contributed by atoms with Gasteiger partial charge in [0.1, 0.15) is 0 Å². The van der Waals surface area contributed by atoms with Gasteiger partial charge in [-0.2, -0.15) is 0 Å². The minimum atomic E-state index is 0.139. The smallest absolute Gasteiger partial charge is 0.219 e. The van der Waals surface area contributed by atoms with E-state index in [-0.39, 0.29) is 5.91 Å². The van der Waals surface area contributed by atoms with Gasteiger partial charge in [-0.05, 0) is 6.42 Å². The first-order chi connectivity index (χ1) is 5.72. The number of amides is 1. The van der Waals surface area contributed by atoms with Crippen molar-refractivity contribution in [2.24, 2.45) is 0 Å². The summed E-state index contributed by atoms with van der Waals surface area (Å²) in [6, 6.07) is 0. The molecule has 3 nitrogen and oxygen atoms in total. The Bertz CT molecular complexity index is 118. The normalized spacial score (nSPS) is 9.92. The van der Waals surface area contributed by atoms with E-state index >= 15 is 0 Å². The lowest BCUT2D eigenvalue weighted by atomic mass is 10.3. The molecule has 12 heavy (non-hydrogen) atoms. The Morgan fingerprint density at radius 3 is 2.50 bits per heavy atom. The Balaban J connectivity index is 3.62. The Morgan fingerprint density at radius 1 is 1.42 bits per heavy atom. The van der Waals surface area contributed by atoms with Crippen molar-refractivity contribution in [2.45, 2.75) is 26.7 Å². The molecule has 0 aliphatic heterocycles. The molecule has 0 aliphatic carbocycles. The van der Waals surface area contributed by atoms with Crippen molar-refractivity contribution in [1.82, 2.24) is 4.90 Å². The van der Waals surface area contributed by atoms with Crippen molar-refractivity contribution in [3.63, 3.8) is 0 Å². The molecule has 0 atom stereocenters. The molecule has 0 unspecified atom stereocenters. The highest BCUT2D eigenvalue weighted by atomic mass is 16.5. The molecule has 1 amide bonds. The molecule has 0 rings (SSSR count). The highest BCUT2D eigenvalue weighted by Crippen LogP contribution is 1.95.